The molecular formula is C14H22N4O. The van der Waals surface area contributed by atoms with E-state index in [0.29, 0.717) is 5.69 Å². The van der Waals surface area contributed by atoms with Crippen molar-refractivity contribution in [3.63, 3.8) is 0 Å². The molecule has 5 nitrogen and oxygen atoms in total. The van der Waals surface area contributed by atoms with Gasteiger partial charge in [0.05, 0.1) is 0 Å². The fraction of sp³-hybridized carbons (Fsp3) is 0.500. The molecule has 1 aliphatic heterocycles. The van der Waals surface area contributed by atoms with Gasteiger partial charge in [0.1, 0.15) is 0 Å². The molecule has 0 saturated carbocycles. The Morgan fingerprint density at radius 3 is 3.11 bits per heavy atom. The fourth-order valence-corrected chi connectivity index (χ4v) is 2.43. The third kappa shape index (κ3) is 4.13. The second-order valence-electron chi connectivity index (χ2n) is 4.96. The number of carbonyl (C=O) groups excluding carboxylic acids is 1. The number of hydrogen-bond acceptors (Lipinski definition) is 3. The second kappa shape index (κ2) is 6.43. The van der Waals surface area contributed by atoms with Crippen LogP contribution in [0.15, 0.2) is 24.3 Å². The molecule has 19 heavy (non-hydrogen) atoms. The first-order chi connectivity index (χ1) is 9.17. The molecule has 0 aliphatic carbocycles. The Balaban J connectivity index is 1.84. The van der Waals surface area contributed by atoms with Crippen LogP contribution in [-0.2, 0) is 0 Å². The Labute approximate surface area is 114 Å². The summed E-state index contributed by atoms with van der Waals surface area (Å²) in [4.78, 5) is 14.3. The number of likely N-dealkylation sites (N-methyl/N-ethyl adjacent to an activating group) is 1. The minimum atomic E-state index is -0.159. The third-order valence-corrected chi connectivity index (χ3v) is 3.43. The van der Waals surface area contributed by atoms with E-state index >= 15 is 0 Å². The molecule has 2 rings (SSSR count). The number of hydrogen-bond donors (Lipinski definition) is 3. The van der Waals surface area contributed by atoms with E-state index in [1.165, 1.54) is 0 Å². The van der Waals surface area contributed by atoms with Crippen molar-refractivity contribution in [2.45, 2.75) is 25.8 Å². The molecule has 1 saturated heterocycles. The molecule has 1 aliphatic rings. The average molecular weight is 262 g/mol. The lowest BCUT2D eigenvalue weighted by Crippen LogP contribution is -2.48. The summed E-state index contributed by atoms with van der Waals surface area (Å²) in [5, 5.41) is 5.83. The van der Waals surface area contributed by atoms with Gasteiger partial charge >= 0.3 is 6.03 Å². The van der Waals surface area contributed by atoms with Crippen molar-refractivity contribution in [2.75, 3.05) is 30.7 Å². The van der Waals surface area contributed by atoms with Crippen LogP contribution in [0.25, 0.3) is 0 Å². The van der Waals surface area contributed by atoms with Gasteiger partial charge in [0.2, 0.25) is 0 Å². The lowest BCUT2D eigenvalue weighted by atomic mass is 10.1. The van der Waals surface area contributed by atoms with Crippen molar-refractivity contribution in [1.82, 2.24) is 10.2 Å². The van der Waals surface area contributed by atoms with Gasteiger partial charge in [-0.25, -0.2) is 4.79 Å². The Bertz CT molecular complexity index is 435. The van der Waals surface area contributed by atoms with Crippen molar-refractivity contribution in [3.05, 3.63) is 24.3 Å². The number of nitrogen functional groups attached to an aromatic ring is 1. The zero-order chi connectivity index (χ0) is 13.7. The SMILES string of the molecule is CCN1CCCC(NC(=O)Nc2cccc(N)c2)C1. The summed E-state index contributed by atoms with van der Waals surface area (Å²) in [6.07, 6.45) is 2.18. The molecule has 1 aromatic rings. The van der Waals surface area contributed by atoms with Gasteiger partial charge in [-0.1, -0.05) is 13.0 Å². The number of anilines is 2. The van der Waals surface area contributed by atoms with Crippen LogP contribution < -0.4 is 16.4 Å². The Hall–Kier alpha value is -1.75. The van der Waals surface area contributed by atoms with Gasteiger partial charge in [-0.15, -0.1) is 0 Å². The quantitative estimate of drug-likeness (QED) is 0.728. The summed E-state index contributed by atoms with van der Waals surface area (Å²) in [6, 6.07) is 7.27. The van der Waals surface area contributed by atoms with Gasteiger partial charge in [-0.05, 0) is 44.1 Å². The predicted molar refractivity (Wildman–Crippen MR) is 78.1 cm³/mol. The van der Waals surface area contributed by atoms with Crippen LogP contribution in [0.4, 0.5) is 16.2 Å². The van der Waals surface area contributed by atoms with Gasteiger partial charge in [0.25, 0.3) is 0 Å². The van der Waals surface area contributed by atoms with E-state index in [1.807, 2.05) is 12.1 Å². The van der Waals surface area contributed by atoms with Crippen molar-refractivity contribution in [3.8, 4) is 0 Å². The molecule has 1 heterocycles. The molecular weight excluding hydrogens is 240 g/mol. The van der Waals surface area contributed by atoms with E-state index in [9.17, 15) is 4.79 Å². The van der Waals surface area contributed by atoms with Crippen LogP contribution in [-0.4, -0.2) is 36.6 Å². The molecule has 4 N–H and O–H groups in total. The number of nitrogens with zero attached hydrogens (tertiary/aromatic N) is 1. The normalized spacial score (nSPS) is 19.9. The summed E-state index contributed by atoms with van der Waals surface area (Å²) in [5.41, 5.74) is 7.05. The number of piperidine rings is 1. The molecule has 0 aromatic heterocycles. The van der Waals surface area contributed by atoms with Gasteiger partial charge < -0.3 is 21.3 Å². The summed E-state index contributed by atoms with van der Waals surface area (Å²) in [7, 11) is 0. The Kier molecular flexibility index (Phi) is 4.63. The minimum absolute atomic E-state index is 0.159. The van der Waals surface area contributed by atoms with E-state index in [4.69, 9.17) is 5.73 Å². The standard InChI is InChI=1S/C14H22N4O/c1-2-18-8-4-7-13(10-18)17-14(19)16-12-6-3-5-11(15)9-12/h3,5-6,9,13H,2,4,7-8,10,15H2,1H3,(H2,16,17,19). The molecule has 0 radical (unpaired) electrons. The maximum absolute atomic E-state index is 11.9. The van der Waals surface area contributed by atoms with E-state index in [2.05, 4.69) is 22.5 Å². The topological polar surface area (TPSA) is 70.4 Å². The molecule has 2 amide bonds. The number of benzene rings is 1. The van der Waals surface area contributed by atoms with Crippen molar-refractivity contribution >= 4 is 17.4 Å². The van der Waals surface area contributed by atoms with Crippen molar-refractivity contribution in [1.29, 1.82) is 0 Å². The highest BCUT2D eigenvalue weighted by Gasteiger charge is 2.20. The predicted octanol–water partition coefficient (Wildman–Crippen LogP) is 1.87. The first-order valence-electron chi connectivity index (χ1n) is 6.83. The summed E-state index contributed by atoms with van der Waals surface area (Å²) < 4.78 is 0. The number of amides is 2. The molecule has 5 heteroatoms. The number of likely N-dealkylation sites (tertiary alicyclic amines) is 1. The number of carbonyl (C=O) groups is 1. The smallest absolute Gasteiger partial charge is 0.319 e. The summed E-state index contributed by atoms with van der Waals surface area (Å²) >= 11 is 0. The number of rotatable bonds is 3. The van der Waals surface area contributed by atoms with E-state index in [1.54, 1.807) is 12.1 Å². The first kappa shape index (κ1) is 13.7. The van der Waals surface area contributed by atoms with E-state index in [0.717, 1.165) is 38.2 Å². The maximum atomic E-state index is 11.9. The largest absolute Gasteiger partial charge is 0.399 e. The lowest BCUT2D eigenvalue weighted by Gasteiger charge is -2.32. The first-order valence-corrected chi connectivity index (χ1v) is 6.83. The Morgan fingerprint density at radius 1 is 1.53 bits per heavy atom. The highest BCUT2D eigenvalue weighted by Crippen LogP contribution is 2.13. The number of nitrogens with one attached hydrogen (secondary N) is 2. The summed E-state index contributed by atoms with van der Waals surface area (Å²) in [6.45, 7) is 5.25. The average Bonchev–Trinajstić information content (AvgIpc) is 2.38. The van der Waals surface area contributed by atoms with E-state index < -0.39 is 0 Å². The monoisotopic (exact) mass is 262 g/mol. The van der Waals surface area contributed by atoms with Crippen LogP contribution in [0, 0.1) is 0 Å². The molecule has 1 aromatic carbocycles. The maximum Gasteiger partial charge on any atom is 0.319 e. The minimum Gasteiger partial charge on any atom is -0.399 e. The molecule has 1 fully saturated rings. The van der Waals surface area contributed by atoms with E-state index in [-0.39, 0.29) is 12.1 Å². The van der Waals surface area contributed by atoms with Gasteiger partial charge in [0.15, 0.2) is 0 Å². The molecule has 1 atom stereocenters. The highest BCUT2D eigenvalue weighted by molar-refractivity contribution is 5.89. The van der Waals surface area contributed by atoms with Crippen LogP contribution in [0.5, 0.6) is 0 Å². The van der Waals surface area contributed by atoms with Gasteiger partial charge in [-0.3, -0.25) is 0 Å². The van der Waals surface area contributed by atoms with Crippen LogP contribution in [0.2, 0.25) is 0 Å². The van der Waals surface area contributed by atoms with Crippen LogP contribution in [0.1, 0.15) is 19.8 Å². The molecule has 0 spiro atoms. The summed E-state index contributed by atoms with van der Waals surface area (Å²) in [5.74, 6) is 0. The molecule has 0 bridgehead atoms. The fourth-order valence-electron chi connectivity index (χ4n) is 2.43. The van der Waals surface area contributed by atoms with Crippen LogP contribution in [0.3, 0.4) is 0 Å². The number of urea groups is 1. The second-order valence-corrected chi connectivity index (χ2v) is 4.96. The third-order valence-electron chi connectivity index (χ3n) is 3.43. The van der Waals surface area contributed by atoms with Crippen LogP contribution >= 0.6 is 0 Å². The molecule has 1 unspecified atom stereocenters. The zero-order valence-electron chi connectivity index (χ0n) is 11.4. The highest BCUT2D eigenvalue weighted by atomic mass is 16.2. The lowest BCUT2D eigenvalue weighted by molar-refractivity contribution is 0.196. The Morgan fingerprint density at radius 2 is 2.37 bits per heavy atom. The molecule has 104 valence electrons. The van der Waals surface area contributed by atoms with Gasteiger partial charge in [-0.2, -0.15) is 0 Å². The van der Waals surface area contributed by atoms with Crippen molar-refractivity contribution < 1.29 is 4.79 Å². The zero-order valence-corrected chi connectivity index (χ0v) is 11.4. The number of nitrogens with two attached hydrogens (primary N) is 1. The van der Waals surface area contributed by atoms with Gasteiger partial charge in [0, 0.05) is 24.0 Å². The van der Waals surface area contributed by atoms with Crippen molar-refractivity contribution in [2.24, 2.45) is 0 Å².